The van der Waals surface area contributed by atoms with Crippen molar-refractivity contribution in [2.75, 3.05) is 5.32 Å². The number of carbonyl (C=O) groups excluding carboxylic acids is 2. The van der Waals surface area contributed by atoms with Gasteiger partial charge in [0.05, 0.1) is 22.8 Å². The first-order valence-electron chi connectivity index (χ1n) is 11.4. The van der Waals surface area contributed by atoms with Gasteiger partial charge >= 0.3 is 0 Å². The van der Waals surface area contributed by atoms with Gasteiger partial charge in [0, 0.05) is 11.8 Å². The van der Waals surface area contributed by atoms with Crippen molar-refractivity contribution in [1.29, 1.82) is 0 Å². The van der Waals surface area contributed by atoms with Crippen LogP contribution >= 0.6 is 11.5 Å². The van der Waals surface area contributed by atoms with Crippen LogP contribution in [-0.2, 0) is 29.2 Å². The Morgan fingerprint density at radius 3 is 2.51 bits per heavy atom. The molecule has 0 unspecified atom stereocenters. The predicted octanol–water partition coefficient (Wildman–Crippen LogP) is 3.40. The van der Waals surface area contributed by atoms with Crippen molar-refractivity contribution in [3.05, 3.63) is 101 Å². The van der Waals surface area contributed by atoms with E-state index >= 15 is 0 Å². The Morgan fingerprint density at radius 2 is 1.68 bits per heavy atom. The molecule has 2 amide bonds. The van der Waals surface area contributed by atoms with E-state index in [2.05, 4.69) is 20.9 Å². The summed E-state index contributed by atoms with van der Waals surface area (Å²) >= 11 is 1.25. The molecule has 186 valence electrons. The summed E-state index contributed by atoms with van der Waals surface area (Å²) in [7, 11) is 0. The fraction of sp³-hybridized carbons (Fsp3) is 0.115. The number of aromatic nitrogens is 4. The molecule has 0 saturated carbocycles. The summed E-state index contributed by atoms with van der Waals surface area (Å²) in [6, 6.07) is 23.7. The molecule has 0 bridgehead atoms. The molecular weight excluding hydrogens is 492 g/mol. The first-order chi connectivity index (χ1) is 18.0. The highest BCUT2D eigenvalue weighted by Gasteiger charge is 2.12. The number of rotatable bonds is 9. The predicted molar refractivity (Wildman–Crippen MR) is 140 cm³/mol. The number of hydrogen-bond donors (Lipinski definition) is 2. The fourth-order valence-electron chi connectivity index (χ4n) is 3.60. The summed E-state index contributed by atoms with van der Waals surface area (Å²) < 4.78 is 9.43. The van der Waals surface area contributed by atoms with Crippen LogP contribution in [0, 0.1) is 0 Å². The van der Waals surface area contributed by atoms with Crippen LogP contribution in [0.1, 0.15) is 5.69 Å². The summed E-state index contributed by atoms with van der Waals surface area (Å²) in [6.45, 7) is -0.0113. The SMILES string of the molecule is O=C(Cn1sc2ccccc2c1=O)NCc1cn(CC(=O)Nc2cccc(Oc3ccccc3)c2)nn1. The van der Waals surface area contributed by atoms with Gasteiger partial charge in [-0.25, -0.2) is 4.68 Å². The van der Waals surface area contributed by atoms with E-state index in [1.807, 2.05) is 42.5 Å². The summed E-state index contributed by atoms with van der Waals surface area (Å²) in [5, 5.41) is 14.1. The van der Waals surface area contributed by atoms with E-state index in [1.54, 1.807) is 42.6 Å². The van der Waals surface area contributed by atoms with Crippen molar-refractivity contribution in [2.45, 2.75) is 19.6 Å². The molecule has 2 aromatic heterocycles. The molecule has 0 radical (unpaired) electrons. The monoisotopic (exact) mass is 514 g/mol. The molecule has 0 aliphatic carbocycles. The molecular formula is C26H22N6O4S. The standard InChI is InChI=1S/C26H22N6O4S/c33-24(17-32-26(35)22-11-4-5-12-23(22)37-32)27-14-19-15-31(30-29-19)16-25(34)28-18-7-6-10-21(13-18)36-20-8-2-1-3-9-20/h1-13,15H,14,16-17H2,(H,27,33)(H,28,34). The van der Waals surface area contributed by atoms with Crippen LogP contribution in [0.5, 0.6) is 11.5 Å². The first-order valence-corrected chi connectivity index (χ1v) is 12.2. The van der Waals surface area contributed by atoms with Crippen LogP contribution in [0.2, 0.25) is 0 Å². The van der Waals surface area contributed by atoms with Crippen LogP contribution in [0.4, 0.5) is 5.69 Å². The third-order valence-corrected chi connectivity index (χ3v) is 6.36. The Kier molecular flexibility index (Phi) is 7.04. The molecule has 0 aliphatic heterocycles. The lowest BCUT2D eigenvalue weighted by Gasteiger charge is -2.09. The van der Waals surface area contributed by atoms with Gasteiger partial charge < -0.3 is 15.4 Å². The molecule has 11 heteroatoms. The number of hydrogen-bond acceptors (Lipinski definition) is 7. The first kappa shape index (κ1) is 23.9. The van der Waals surface area contributed by atoms with E-state index < -0.39 is 0 Å². The quantitative estimate of drug-likeness (QED) is 0.311. The van der Waals surface area contributed by atoms with E-state index in [1.165, 1.54) is 20.2 Å². The maximum Gasteiger partial charge on any atom is 0.268 e. The Bertz CT molecular complexity index is 1610. The molecule has 0 fully saturated rings. The van der Waals surface area contributed by atoms with Gasteiger partial charge in [0.25, 0.3) is 5.56 Å². The molecule has 2 N–H and O–H groups in total. The minimum Gasteiger partial charge on any atom is -0.457 e. The minimum atomic E-state index is -0.321. The highest BCUT2D eigenvalue weighted by molar-refractivity contribution is 7.13. The number of anilines is 1. The van der Waals surface area contributed by atoms with Gasteiger partial charge in [0.1, 0.15) is 30.3 Å². The van der Waals surface area contributed by atoms with Crippen molar-refractivity contribution in [3.8, 4) is 11.5 Å². The van der Waals surface area contributed by atoms with Gasteiger partial charge in [-0.2, -0.15) is 0 Å². The van der Waals surface area contributed by atoms with Crippen LogP contribution in [0.15, 0.2) is 89.9 Å². The molecule has 0 saturated heterocycles. The zero-order valence-corrected chi connectivity index (χ0v) is 20.4. The second kappa shape index (κ2) is 10.9. The van der Waals surface area contributed by atoms with E-state index in [0.717, 1.165) is 4.70 Å². The van der Waals surface area contributed by atoms with Crippen LogP contribution in [0.25, 0.3) is 10.1 Å². The Labute approximate surface area is 215 Å². The van der Waals surface area contributed by atoms with Crippen LogP contribution in [0.3, 0.4) is 0 Å². The van der Waals surface area contributed by atoms with E-state index in [9.17, 15) is 14.4 Å². The number of fused-ring (bicyclic) bond motifs is 1. The average Bonchev–Trinajstić information content (AvgIpc) is 3.47. The van der Waals surface area contributed by atoms with Gasteiger partial charge in [-0.3, -0.25) is 18.3 Å². The smallest absolute Gasteiger partial charge is 0.268 e. The summed E-state index contributed by atoms with van der Waals surface area (Å²) in [4.78, 5) is 37.2. The largest absolute Gasteiger partial charge is 0.457 e. The lowest BCUT2D eigenvalue weighted by Crippen LogP contribution is -2.29. The number of carbonyl (C=O) groups is 2. The number of nitrogens with zero attached hydrogens (tertiary/aromatic N) is 4. The topological polar surface area (TPSA) is 120 Å². The minimum absolute atomic E-state index is 0.0537. The molecule has 0 aliphatic rings. The molecule has 0 spiro atoms. The molecule has 10 nitrogen and oxygen atoms in total. The van der Waals surface area contributed by atoms with Crippen molar-refractivity contribution in [2.24, 2.45) is 0 Å². The van der Waals surface area contributed by atoms with Gasteiger partial charge in [-0.1, -0.05) is 53.1 Å². The van der Waals surface area contributed by atoms with Crippen molar-refractivity contribution in [1.82, 2.24) is 24.3 Å². The Hall–Kier alpha value is -4.77. The molecule has 3 aromatic carbocycles. The molecule has 0 atom stereocenters. The Morgan fingerprint density at radius 1 is 0.892 bits per heavy atom. The third-order valence-electron chi connectivity index (χ3n) is 5.29. The number of ether oxygens (including phenoxy) is 1. The summed E-state index contributed by atoms with van der Waals surface area (Å²) in [5.41, 5.74) is 0.885. The van der Waals surface area contributed by atoms with Gasteiger partial charge in [-0.05, 0) is 36.4 Å². The lowest BCUT2D eigenvalue weighted by atomic mass is 10.3. The van der Waals surface area contributed by atoms with Gasteiger partial charge in [-0.15, -0.1) is 5.10 Å². The normalized spacial score (nSPS) is 10.8. The summed E-state index contributed by atoms with van der Waals surface area (Å²) in [6.07, 6.45) is 1.58. The average molecular weight is 515 g/mol. The van der Waals surface area contributed by atoms with Gasteiger partial charge in [0.2, 0.25) is 11.8 Å². The highest BCUT2D eigenvalue weighted by atomic mass is 32.1. The maximum atomic E-state index is 12.5. The lowest BCUT2D eigenvalue weighted by molar-refractivity contribution is -0.121. The van der Waals surface area contributed by atoms with Crippen molar-refractivity contribution >= 4 is 39.1 Å². The third kappa shape index (κ3) is 6.08. The Balaban J connectivity index is 1.11. The second-order valence-corrected chi connectivity index (χ2v) is 9.17. The van der Waals surface area contributed by atoms with Gasteiger partial charge in [0.15, 0.2) is 0 Å². The van der Waals surface area contributed by atoms with Crippen LogP contribution < -0.4 is 20.9 Å². The molecule has 2 heterocycles. The zero-order chi connectivity index (χ0) is 25.6. The van der Waals surface area contributed by atoms with E-state index in [-0.39, 0.29) is 37.0 Å². The van der Waals surface area contributed by atoms with E-state index in [4.69, 9.17) is 4.74 Å². The van der Waals surface area contributed by atoms with Crippen molar-refractivity contribution < 1.29 is 14.3 Å². The molecule has 5 rings (SSSR count). The number of para-hydroxylation sites is 1. The fourth-order valence-corrected chi connectivity index (χ4v) is 4.60. The van der Waals surface area contributed by atoms with Crippen molar-refractivity contribution in [3.63, 3.8) is 0 Å². The number of amides is 2. The summed E-state index contributed by atoms with van der Waals surface area (Å²) in [5.74, 6) is 0.685. The highest BCUT2D eigenvalue weighted by Crippen LogP contribution is 2.23. The second-order valence-electron chi connectivity index (χ2n) is 8.10. The maximum absolute atomic E-state index is 12.5. The molecule has 5 aromatic rings. The van der Waals surface area contributed by atoms with E-state index in [0.29, 0.717) is 28.3 Å². The molecule has 37 heavy (non-hydrogen) atoms. The number of nitrogens with one attached hydrogen (secondary N) is 2. The van der Waals surface area contributed by atoms with Crippen LogP contribution in [-0.4, -0.2) is 30.8 Å². The zero-order valence-electron chi connectivity index (χ0n) is 19.5. The number of benzene rings is 3.